The minimum atomic E-state index is -4.53. The van der Waals surface area contributed by atoms with Gasteiger partial charge in [-0.15, -0.1) is 0 Å². The molecule has 1 aliphatic carbocycles. The molecule has 2 atom stereocenters. The Bertz CT molecular complexity index is 447. The van der Waals surface area contributed by atoms with Crippen LogP contribution in [0.25, 0.3) is 0 Å². The van der Waals surface area contributed by atoms with Crippen molar-refractivity contribution in [1.29, 1.82) is 0 Å². The standard InChI is InChI=1S/C13H15F4NO/c14-11-6-9(13(15,16)17)2-4-12(11)18-7-8-1-3-10(19)5-8/h2,4,6,8,10,18-19H,1,3,5,7H2. The van der Waals surface area contributed by atoms with Crippen molar-refractivity contribution in [1.82, 2.24) is 0 Å². The summed E-state index contributed by atoms with van der Waals surface area (Å²) in [4.78, 5) is 0. The molecule has 6 heteroatoms. The Morgan fingerprint density at radius 2 is 2.00 bits per heavy atom. The van der Waals surface area contributed by atoms with Gasteiger partial charge in [0.1, 0.15) is 5.82 Å². The third-order valence-corrected chi connectivity index (χ3v) is 3.39. The topological polar surface area (TPSA) is 32.3 Å². The minimum Gasteiger partial charge on any atom is -0.393 e. The molecule has 2 rings (SSSR count). The fraction of sp³-hybridized carbons (Fsp3) is 0.538. The van der Waals surface area contributed by atoms with Crippen LogP contribution in [-0.4, -0.2) is 17.8 Å². The molecule has 1 saturated carbocycles. The van der Waals surface area contributed by atoms with Gasteiger partial charge in [0.2, 0.25) is 0 Å². The lowest BCUT2D eigenvalue weighted by atomic mass is 10.1. The first kappa shape index (κ1) is 14.1. The van der Waals surface area contributed by atoms with E-state index in [-0.39, 0.29) is 17.7 Å². The van der Waals surface area contributed by atoms with Gasteiger partial charge < -0.3 is 10.4 Å². The van der Waals surface area contributed by atoms with Crippen LogP contribution in [0.5, 0.6) is 0 Å². The Labute approximate surface area is 108 Å². The SMILES string of the molecule is OC1CCC(CNc2ccc(C(F)(F)F)cc2F)C1. The van der Waals surface area contributed by atoms with E-state index in [2.05, 4.69) is 5.32 Å². The second-order valence-electron chi connectivity index (χ2n) is 4.91. The molecule has 0 heterocycles. The van der Waals surface area contributed by atoms with E-state index in [0.717, 1.165) is 25.0 Å². The number of aliphatic hydroxyl groups is 1. The molecule has 2 nitrogen and oxygen atoms in total. The van der Waals surface area contributed by atoms with Gasteiger partial charge in [-0.3, -0.25) is 0 Å². The van der Waals surface area contributed by atoms with E-state index in [9.17, 15) is 22.7 Å². The van der Waals surface area contributed by atoms with E-state index in [4.69, 9.17) is 0 Å². The molecule has 19 heavy (non-hydrogen) atoms. The van der Waals surface area contributed by atoms with Crippen LogP contribution in [0.1, 0.15) is 24.8 Å². The number of alkyl halides is 3. The minimum absolute atomic E-state index is 0.0642. The summed E-state index contributed by atoms with van der Waals surface area (Å²) in [6, 6.07) is 2.45. The number of hydrogen-bond acceptors (Lipinski definition) is 2. The molecule has 106 valence electrons. The second-order valence-corrected chi connectivity index (χ2v) is 4.91. The maximum absolute atomic E-state index is 13.5. The van der Waals surface area contributed by atoms with Crippen molar-refractivity contribution in [2.75, 3.05) is 11.9 Å². The van der Waals surface area contributed by atoms with Gasteiger partial charge in [0, 0.05) is 6.54 Å². The van der Waals surface area contributed by atoms with Crippen LogP contribution in [0.2, 0.25) is 0 Å². The van der Waals surface area contributed by atoms with E-state index >= 15 is 0 Å². The Morgan fingerprint density at radius 1 is 1.26 bits per heavy atom. The molecule has 0 aromatic heterocycles. The van der Waals surface area contributed by atoms with Crippen molar-refractivity contribution in [2.45, 2.75) is 31.5 Å². The summed E-state index contributed by atoms with van der Waals surface area (Å²) < 4.78 is 50.6. The smallest absolute Gasteiger partial charge is 0.393 e. The third-order valence-electron chi connectivity index (χ3n) is 3.39. The number of aliphatic hydroxyl groups excluding tert-OH is 1. The Hall–Kier alpha value is -1.30. The first-order valence-corrected chi connectivity index (χ1v) is 6.15. The second kappa shape index (κ2) is 5.36. The number of benzene rings is 1. The highest BCUT2D eigenvalue weighted by molar-refractivity contribution is 5.46. The van der Waals surface area contributed by atoms with Crippen molar-refractivity contribution in [2.24, 2.45) is 5.92 Å². The maximum atomic E-state index is 13.5. The molecule has 1 fully saturated rings. The summed E-state index contributed by atoms with van der Waals surface area (Å²) in [5.41, 5.74) is -0.929. The number of anilines is 1. The molecule has 2 N–H and O–H groups in total. The number of nitrogens with one attached hydrogen (secondary N) is 1. The molecule has 1 aromatic carbocycles. The predicted octanol–water partition coefficient (Wildman–Crippen LogP) is 3.42. The summed E-state index contributed by atoms with van der Waals surface area (Å²) in [5.74, 6) is -0.676. The van der Waals surface area contributed by atoms with E-state index in [0.29, 0.717) is 19.0 Å². The van der Waals surface area contributed by atoms with E-state index < -0.39 is 17.6 Å². The van der Waals surface area contributed by atoms with Gasteiger partial charge in [0.25, 0.3) is 0 Å². The zero-order valence-electron chi connectivity index (χ0n) is 10.2. The van der Waals surface area contributed by atoms with Crippen molar-refractivity contribution < 1.29 is 22.7 Å². The molecule has 0 bridgehead atoms. The van der Waals surface area contributed by atoms with Crippen molar-refractivity contribution >= 4 is 5.69 Å². The molecule has 1 aliphatic rings. The van der Waals surface area contributed by atoms with Crippen molar-refractivity contribution in [3.05, 3.63) is 29.6 Å². The molecule has 1 aromatic rings. The summed E-state index contributed by atoms with van der Waals surface area (Å²) in [6.45, 7) is 0.458. The Morgan fingerprint density at radius 3 is 2.53 bits per heavy atom. The van der Waals surface area contributed by atoms with Gasteiger partial charge in [0.15, 0.2) is 0 Å². The van der Waals surface area contributed by atoms with Crippen molar-refractivity contribution in [3.63, 3.8) is 0 Å². The van der Waals surface area contributed by atoms with Gasteiger partial charge in [-0.05, 0) is 43.4 Å². The fourth-order valence-corrected chi connectivity index (χ4v) is 2.32. The quantitative estimate of drug-likeness (QED) is 0.830. The Kier molecular flexibility index (Phi) is 3.99. The molecule has 0 amide bonds. The molecule has 0 radical (unpaired) electrons. The lowest BCUT2D eigenvalue weighted by molar-refractivity contribution is -0.137. The van der Waals surface area contributed by atoms with Gasteiger partial charge >= 0.3 is 6.18 Å². The lowest BCUT2D eigenvalue weighted by Crippen LogP contribution is -2.14. The van der Waals surface area contributed by atoms with Gasteiger partial charge in [-0.25, -0.2) is 4.39 Å². The highest BCUT2D eigenvalue weighted by Gasteiger charge is 2.31. The van der Waals surface area contributed by atoms with E-state index in [1.54, 1.807) is 0 Å². The number of halogens is 4. The summed E-state index contributed by atoms with van der Waals surface area (Å²) in [5, 5.41) is 12.2. The average molecular weight is 277 g/mol. The molecule has 0 spiro atoms. The van der Waals surface area contributed by atoms with Crippen LogP contribution >= 0.6 is 0 Å². The lowest BCUT2D eigenvalue weighted by Gasteiger charge is -2.14. The fourth-order valence-electron chi connectivity index (χ4n) is 2.32. The zero-order valence-corrected chi connectivity index (χ0v) is 10.2. The monoisotopic (exact) mass is 277 g/mol. The molecule has 0 aliphatic heterocycles. The van der Waals surface area contributed by atoms with Crippen LogP contribution in [-0.2, 0) is 6.18 Å². The maximum Gasteiger partial charge on any atom is 0.416 e. The predicted molar refractivity (Wildman–Crippen MR) is 63.2 cm³/mol. The molecule has 2 unspecified atom stereocenters. The van der Waals surface area contributed by atoms with Crippen LogP contribution in [0, 0.1) is 11.7 Å². The van der Waals surface area contributed by atoms with Gasteiger partial charge in [-0.1, -0.05) is 0 Å². The average Bonchev–Trinajstić information content (AvgIpc) is 2.72. The number of rotatable bonds is 3. The highest BCUT2D eigenvalue weighted by Crippen LogP contribution is 2.32. The summed E-state index contributed by atoms with van der Waals surface area (Å²) in [7, 11) is 0. The molecular weight excluding hydrogens is 262 g/mol. The number of hydrogen-bond donors (Lipinski definition) is 2. The first-order valence-electron chi connectivity index (χ1n) is 6.15. The molecule has 0 saturated heterocycles. The Balaban J connectivity index is 1.98. The summed E-state index contributed by atoms with van der Waals surface area (Å²) >= 11 is 0. The van der Waals surface area contributed by atoms with Crippen LogP contribution in [0.4, 0.5) is 23.2 Å². The van der Waals surface area contributed by atoms with Crippen LogP contribution in [0.15, 0.2) is 18.2 Å². The van der Waals surface area contributed by atoms with E-state index in [1.165, 1.54) is 0 Å². The van der Waals surface area contributed by atoms with Crippen molar-refractivity contribution in [3.8, 4) is 0 Å². The highest BCUT2D eigenvalue weighted by atomic mass is 19.4. The normalized spacial score (nSPS) is 23.6. The zero-order chi connectivity index (χ0) is 14.0. The van der Waals surface area contributed by atoms with Crippen LogP contribution < -0.4 is 5.32 Å². The first-order chi connectivity index (χ1) is 8.86. The van der Waals surface area contributed by atoms with Gasteiger partial charge in [0.05, 0.1) is 17.4 Å². The van der Waals surface area contributed by atoms with Crippen LogP contribution in [0.3, 0.4) is 0 Å². The largest absolute Gasteiger partial charge is 0.416 e. The molecular formula is C13H15F4NO. The third kappa shape index (κ3) is 3.59. The summed E-state index contributed by atoms with van der Waals surface area (Å²) in [6.07, 6.45) is -2.63. The van der Waals surface area contributed by atoms with E-state index in [1.807, 2.05) is 0 Å². The van der Waals surface area contributed by atoms with Gasteiger partial charge in [-0.2, -0.15) is 13.2 Å².